The summed E-state index contributed by atoms with van der Waals surface area (Å²) < 4.78 is 89.6. The van der Waals surface area contributed by atoms with E-state index in [1.807, 2.05) is 120 Å². The second-order valence-corrected chi connectivity index (χ2v) is 15.5. The molecule has 2 heterocycles. The molecular formula is C55H32F6N4. The third-order valence-corrected chi connectivity index (χ3v) is 11.5. The fourth-order valence-electron chi connectivity index (χ4n) is 8.47. The van der Waals surface area contributed by atoms with Crippen LogP contribution in [-0.2, 0) is 12.4 Å². The predicted octanol–water partition coefficient (Wildman–Crippen LogP) is 15.5. The number of aromatic nitrogens is 3. The Labute approximate surface area is 369 Å². The molecule has 0 fully saturated rings. The number of nitrogens with zero attached hydrogens (tertiary/aromatic N) is 4. The van der Waals surface area contributed by atoms with Crippen molar-refractivity contribution >= 4 is 21.8 Å². The normalized spacial score (nSPS) is 11.8. The maximum absolute atomic E-state index is 14.6. The second kappa shape index (κ2) is 16.1. The number of para-hydroxylation sites is 1. The lowest BCUT2D eigenvalue weighted by molar-refractivity contribution is -0.138. The molecule has 10 rings (SSSR count). The minimum absolute atomic E-state index is 0.177. The summed E-state index contributed by atoms with van der Waals surface area (Å²) in [6.07, 6.45) is -9.41. The maximum atomic E-state index is 14.6. The second-order valence-electron chi connectivity index (χ2n) is 15.5. The van der Waals surface area contributed by atoms with Crippen LogP contribution >= 0.6 is 0 Å². The number of fused-ring (bicyclic) bond motifs is 3. The van der Waals surface area contributed by atoms with Gasteiger partial charge in [-0.1, -0.05) is 127 Å². The van der Waals surface area contributed by atoms with E-state index in [0.29, 0.717) is 67.3 Å². The Bertz CT molecular complexity index is 3340. The molecule has 0 bridgehead atoms. The Kier molecular flexibility index (Phi) is 10.1. The van der Waals surface area contributed by atoms with Crippen molar-refractivity contribution in [2.24, 2.45) is 0 Å². The Balaban J connectivity index is 1.35. The highest BCUT2D eigenvalue weighted by molar-refractivity contribution is 6.12. The summed E-state index contributed by atoms with van der Waals surface area (Å²) >= 11 is 0. The van der Waals surface area contributed by atoms with E-state index in [1.165, 1.54) is 12.1 Å². The molecule has 10 heteroatoms. The fourth-order valence-corrected chi connectivity index (χ4v) is 8.47. The summed E-state index contributed by atoms with van der Waals surface area (Å²) in [6.45, 7) is 0. The van der Waals surface area contributed by atoms with E-state index in [9.17, 15) is 31.6 Å². The van der Waals surface area contributed by atoms with Gasteiger partial charge in [0, 0.05) is 38.6 Å². The first-order chi connectivity index (χ1) is 31.4. The molecule has 4 nitrogen and oxygen atoms in total. The lowest BCUT2D eigenvalue weighted by Gasteiger charge is -2.22. The summed E-state index contributed by atoms with van der Waals surface area (Å²) in [5.74, 6) is 0.378. The molecule has 0 radical (unpaired) electrons. The van der Waals surface area contributed by atoms with Crippen molar-refractivity contribution in [2.45, 2.75) is 12.4 Å². The van der Waals surface area contributed by atoms with Gasteiger partial charge in [-0.2, -0.15) is 31.6 Å². The van der Waals surface area contributed by atoms with Gasteiger partial charge in [-0.3, -0.25) is 0 Å². The fraction of sp³-hybridized carbons (Fsp3) is 0.0364. The van der Waals surface area contributed by atoms with Crippen molar-refractivity contribution < 1.29 is 26.3 Å². The third kappa shape index (κ3) is 7.67. The molecule has 0 aliphatic heterocycles. The Morgan fingerprint density at radius 3 is 1.52 bits per heavy atom. The van der Waals surface area contributed by atoms with Gasteiger partial charge in [0.15, 0.2) is 5.82 Å². The molecule has 0 saturated carbocycles. The third-order valence-electron chi connectivity index (χ3n) is 11.5. The summed E-state index contributed by atoms with van der Waals surface area (Å²) in [7, 11) is 0. The van der Waals surface area contributed by atoms with E-state index in [-0.39, 0.29) is 11.1 Å². The molecule has 0 atom stereocenters. The van der Waals surface area contributed by atoms with Crippen LogP contribution in [-0.4, -0.2) is 14.5 Å². The van der Waals surface area contributed by atoms with Gasteiger partial charge in [0.1, 0.15) is 0 Å². The van der Waals surface area contributed by atoms with Crippen LogP contribution in [0.15, 0.2) is 194 Å². The van der Waals surface area contributed by atoms with E-state index < -0.39 is 23.5 Å². The van der Waals surface area contributed by atoms with Gasteiger partial charge in [-0.05, 0) is 89.0 Å². The van der Waals surface area contributed by atoms with Crippen molar-refractivity contribution in [3.8, 4) is 79.0 Å². The average molecular weight is 863 g/mol. The van der Waals surface area contributed by atoms with Crippen molar-refractivity contribution in [3.05, 3.63) is 211 Å². The number of halogens is 6. The molecule has 0 spiro atoms. The summed E-state index contributed by atoms with van der Waals surface area (Å²) in [4.78, 5) is 9.95. The SMILES string of the molecule is N#Cc1ccccc1-c1ccc2c(c1)c1ccccc1n2-c1c(-c2cccc(C(F)(F)F)c2)cc(-c2cc(-c3ccccc3)nc(-c3ccccc3)n2)cc1-c1cccc(C(F)(F)F)c1. The molecule has 65 heavy (non-hydrogen) atoms. The highest BCUT2D eigenvalue weighted by Crippen LogP contribution is 2.46. The topological polar surface area (TPSA) is 54.5 Å². The smallest absolute Gasteiger partial charge is 0.308 e. The lowest BCUT2D eigenvalue weighted by Crippen LogP contribution is -2.07. The number of alkyl halides is 6. The van der Waals surface area contributed by atoms with Crippen LogP contribution in [0.25, 0.3) is 94.8 Å². The molecule has 0 aliphatic rings. The Morgan fingerprint density at radius 1 is 0.400 bits per heavy atom. The van der Waals surface area contributed by atoms with Crippen LogP contribution in [0, 0.1) is 11.3 Å². The number of rotatable bonds is 7. The Hall–Kier alpha value is -8.29. The molecule has 10 aromatic rings. The summed E-state index contributed by atoms with van der Waals surface area (Å²) in [6, 6.07) is 56.7. The summed E-state index contributed by atoms with van der Waals surface area (Å²) in [5.41, 5.74) is 5.66. The molecule has 8 aromatic carbocycles. The van der Waals surface area contributed by atoms with Crippen LogP contribution in [0.4, 0.5) is 26.3 Å². The molecule has 0 aliphatic carbocycles. The zero-order valence-electron chi connectivity index (χ0n) is 34.0. The lowest BCUT2D eigenvalue weighted by atomic mass is 9.90. The van der Waals surface area contributed by atoms with Crippen molar-refractivity contribution in [1.82, 2.24) is 14.5 Å². The predicted molar refractivity (Wildman–Crippen MR) is 244 cm³/mol. The first-order valence-electron chi connectivity index (χ1n) is 20.5. The Morgan fingerprint density at radius 2 is 0.908 bits per heavy atom. The molecule has 2 aromatic heterocycles. The molecular weight excluding hydrogens is 831 g/mol. The monoisotopic (exact) mass is 862 g/mol. The first kappa shape index (κ1) is 40.8. The van der Waals surface area contributed by atoms with Crippen molar-refractivity contribution in [1.29, 1.82) is 5.26 Å². The van der Waals surface area contributed by atoms with E-state index in [4.69, 9.17) is 9.97 Å². The van der Waals surface area contributed by atoms with E-state index in [1.54, 1.807) is 42.5 Å². The number of hydrogen-bond donors (Lipinski definition) is 0. The molecule has 0 saturated heterocycles. The molecule has 0 unspecified atom stereocenters. The first-order valence-corrected chi connectivity index (χ1v) is 20.5. The van der Waals surface area contributed by atoms with Crippen molar-refractivity contribution in [3.63, 3.8) is 0 Å². The molecule has 314 valence electrons. The molecule has 0 N–H and O–H groups in total. The zero-order valence-corrected chi connectivity index (χ0v) is 34.0. The highest BCUT2D eigenvalue weighted by Gasteiger charge is 2.33. The zero-order chi connectivity index (χ0) is 44.9. The molecule has 0 amide bonds. The van der Waals surface area contributed by atoms with Gasteiger partial charge in [0.2, 0.25) is 0 Å². The van der Waals surface area contributed by atoms with Gasteiger partial charge in [-0.15, -0.1) is 0 Å². The van der Waals surface area contributed by atoms with Crippen LogP contribution in [0.5, 0.6) is 0 Å². The van der Waals surface area contributed by atoms with Crippen LogP contribution in [0.2, 0.25) is 0 Å². The van der Waals surface area contributed by atoms with Gasteiger partial charge in [-0.25, -0.2) is 9.97 Å². The summed E-state index contributed by atoms with van der Waals surface area (Å²) in [5, 5.41) is 11.5. The van der Waals surface area contributed by atoms with Gasteiger partial charge in [0.25, 0.3) is 0 Å². The minimum Gasteiger partial charge on any atom is -0.308 e. The van der Waals surface area contributed by atoms with Crippen LogP contribution in [0.1, 0.15) is 16.7 Å². The van der Waals surface area contributed by atoms with Gasteiger partial charge >= 0.3 is 12.4 Å². The van der Waals surface area contributed by atoms with Gasteiger partial charge in [0.05, 0.1) is 50.9 Å². The van der Waals surface area contributed by atoms with Gasteiger partial charge < -0.3 is 4.57 Å². The van der Waals surface area contributed by atoms with Crippen LogP contribution in [0.3, 0.4) is 0 Å². The van der Waals surface area contributed by atoms with Crippen molar-refractivity contribution in [2.75, 3.05) is 0 Å². The van der Waals surface area contributed by atoms with E-state index >= 15 is 0 Å². The highest BCUT2D eigenvalue weighted by atomic mass is 19.4. The quantitative estimate of drug-likeness (QED) is 0.150. The average Bonchev–Trinajstić information content (AvgIpc) is 3.66. The number of nitriles is 1. The largest absolute Gasteiger partial charge is 0.416 e. The van der Waals surface area contributed by atoms with E-state index in [0.717, 1.165) is 46.2 Å². The van der Waals surface area contributed by atoms with Crippen LogP contribution < -0.4 is 0 Å². The number of benzene rings is 8. The maximum Gasteiger partial charge on any atom is 0.416 e. The minimum atomic E-state index is -4.71. The standard InChI is InChI=1S/C55H32F6N4/c56-54(57,58)41-20-11-18-36(27-41)45-30-40(49-32-48(34-13-3-1-4-14-34)63-53(64-49)35-15-5-2-6-16-35)31-46(37-19-12-21-42(28-37)55(59,60)61)52(45)65-50-24-10-9-23-44(50)47-29-38(25-26-51(47)65)43-22-8-7-17-39(43)33-62/h1-32H. The van der Waals surface area contributed by atoms with E-state index in [2.05, 4.69) is 6.07 Å². The number of hydrogen-bond acceptors (Lipinski definition) is 3.